The number of phenolic OH excluding ortho intramolecular Hbond substituents is 1. The highest BCUT2D eigenvalue weighted by molar-refractivity contribution is 5.96. The molecule has 1 aliphatic rings. The molecule has 0 spiro atoms. The molecule has 128 valence electrons. The molecule has 0 aromatic heterocycles. The molecular formula is C17H26FN3O2. The van der Waals surface area contributed by atoms with Gasteiger partial charge < -0.3 is 20.2 Å². The topological polar surface area (TPSA) is 55.8 Å². The van der Waals surface area contributed by atoms with Crippen LogP contribution in [0.3, 0.4) is 0 Å². The van der Waals surface area contributed by atoms with Gasteiger partial charge >= 0.3 is 0 Å². The number of hydrogen-bond acceptors (Lipinski definition) is 4. The molecule has 1 fully saturated rings. The number of aromatic hydroxyl groups is 1. The highest BCUT2D eigenvalue weighted by Gasteiger charge is 2.36. The number of nitrogens with zero attached hydrogens (tertiary/aromatic N) is 2. The minimum atomic E-state index is -0.559. The largest absolute Gasteiger partial charge is 0.507 e. The smallest absolute Gasteiger partial charge is 0.255 e. The van der Waals surface area contributed by atoms with Crippen molar-refractivity contribution in [2.45, 2.75) is 25.3 Å². The Kier molecular flexibility index (Phi) is 5.59. The fraction of sp³-hybridized carbons (Fsp3) is 0.588. The van der Waals surface area contributed by atoms with Crippen molar-refractivity contribution in [2.24, 2.45) is 0 Å². The molecule has 0 radical (unpaired) electrons. The Bertz CT molecular complexity index is 555. The van der Waals surface area contributed by atoms with Crippen LogP contribution in [0.2, 0.25) is 0 Å². The molecule has 5 nitrogen and oxygen atoms in total. The van der Waals surface area contributed by atoms with Crippen molar-refractivity contribution >= 4 is 5.91 Å². The van der Waals surface area contributed by atoms with Gasteiger partial charge in [0.05, 0.1) is 5.56 Å². The number of nitrogens with one attached hydrogen (secondary N) is 1. The van der Waals surface area contributed by atoms with E-state index in [0.717, 1.165) is 38.5 Å². The molecule has 1 heterocycles. The van der Waals surface area contributed by atoms with Gasteiger partial charge in [0.25, 0.3) is 5.91 Å². The summed E-state index contributed by atoms with van der Waals surface area (Å²) >= 11 is 0. The number of amides is 1. The zero-order chi connectivity index (χ0) is 17.0. The number of halogens is 1. The molecule has 23 heavy (non-hydrogen) atoms. The van der Waals surface area contributed by atoms with Crippen LogP contribution in [0.15, 0.2) is 18.2 Å². The molecule has 0 aliphatic carbocycles. The maximum absolute atomic E-state index is 13.0. The van der Waals surface area contributed by atoms with Crippen LogP contribution >= 0.6 is 0 Å². The molecule has 0 bridgehead atoms. The van der Waals surface area contributed by atoms with Gasteiger partial charge in [-0.3, -0.25) is 4.79 Å². The van der Waals surface area contributed by atoms with E-state index >= 15 is 0 Å². The average Bonchev–Trinajstić information content (AvgIpc) is 2.53. The molecule has 1 aliphatic heterocycles. The Morgan fingerprint density at radius 1 is 1.39 bits per heavy atom. The van der Waals surface area contributed by atoms with Crippen molar-refractivity contribution in [3.05, 3.63) is 29.6 Å². The van der Waals surface area contributed by atoms with E-state index in [1.807, 2.05) is 14.1 Å². The fourth-order valence-corrected chi connectivity index (χ4v) is 3.10. The Morgan fingerprint density at radius 2 is 2.04 bits per heavy atom. The summed E-state index contributed by atoms with van der Waals surface area (Å²) in [6, 6.07) is 3.44. The number of carbonyl (C=O) groups excluding carboxylic acids is 1. The van der Waals surface area contributed by atoms with Crippen LogP contribution in [0.4, 0.5) is 4.39 Å². The predicted molar refractivity (Wildman–Crippen MR) is 88.2 cm³/mol. The second-order valence-electron chi connectivity index (χ2n) is 6.40. The van der Waals surface area contributed by atoms with E-state index in [0.29, 0.717) is 6.54 Å². The van der Waals surface area contributed by atoms with Gasteiger partial charge in [0.1, 0.15) is 11.6 Å². The number of benzene rings is 1. The number of likely N-dealkylation sites (tertiary alicyclic amines) is 1. The summed E-state index contributed by atoms with van der Waals surface area (Å²) in [7, 11) is 4.06. The first-order chi connectivity index (χ1) is 10.9. The molecule has 0 saturated carbocycles. The van der Waals surface area contributed by atoms with Crippen molar-refractivity contribution in [3.8, 4) is 5.75 Å². The van der Waals surface area contributed by atoms with Gasteiger partial charge in [0, 0.05) is 18.2 Å². The number of phenols is 1. The Labute approximate surface area is 137 Å². The van der Waals surface area contributed by atoms with Gasteiger partial charge in [-0.15, -0.1) is 0 Å². The third kappa shape index (κ3) is 4.00. The van der Waals surface area contributed by atoms with Crippen LogP contribution in [0.1, 0.15) is 30.1 Å². The van der Waals surface area contributed by atoms with Crippen molar-refractivity contribution in [2.75, 3.05) is 40.3 Å². The SMILES string of the molecule is CCN1CCC(CNC(=O)c2ccc(F)cc2O)(N(C)C)CC1. The minimum absolute atomic E-state index is 0.0863. The van der Waals surface area contributed by atoms with E-state index in [2.05, 4.69) is 22.0 Å². The van der Waals surface area contributed by atoms with Gasteiger partial charge in [-0.25, -0.2) is 4.39 Å². The van der Waals surface area contributed by atoms with Crippen molar-refractivity contribution in [1.82, 2.24) is 15.1 Å². The number of hydrogen-bond donors (Lipinski definition) is 2. The lowest BCUT2D eigenvalue weighted by atomic mass is 9.86. The fourth-order valence-electron chi connectivity index (χ4n) is 3.10. The van der Waals surface area contributed by atoms with Gasteiger partial charge in [-0.2, -0.15) is 0 Å². The summed E-state index contributed by atoms with van der Waals surface area (Å²) in [6.07, 6.45) is 1.95. The first-order valence-corrected chi connectivity index (χ1v) is 8.04. The van der Waals surface area contributed by atoms with Crippen LogP contribution in [0.5, 0.6) is 5.75 Å². The van der Waals surface area contributed by atoms with E-state index < -0.39 is 5.82 Å². The van der Waals surface area contributed by atoms with Crippen molar-refractivity contribution in [3.63, 3.8) is 0 Å². The third-order valence-corrected chi connectivity index (χ3v) is 4.97. The quantitative estimate of drug-likeness (QED) is 0.866. The normalized spacial score (nSPS) is 18.1. The van der Waals surface area contributed by atoms with Gasteiger partial charge in [0.15, 0.2) is 0 Å². The lowest BCUT2D eigenvalue weighted by Crippen LogP contribution is -2.58. The Balaban J connectivity index is 2.03. The van der Waals surface area contributed by atoms with E-state index in [4.69, 9.17) is 0 Å². The molecular weight excluding hydrogens is 297 g/mol. The summed E-state index contributed by atoms with van der Waals surface area (Å²) in [5, 5.41) is 12.6. The van der Waals surface area contributed by atoms with Crippen LogP contribution in [-0.4, -0.2) is 66.6 Å². The second-order valence-corrected chi connectivity index (χ2v) is 6.40. The zero-order valence-electron chi connectivity index (χ0n) is 14.1. The molecule has 0 unspecified atom stereocenters. The molecule has 1 saturated heterocycles. The number of piperidine rings is 1. The second kappa shape index (κ2) is 7.27. The molecule has 2 N–H and O–H groups in total. The van der Waals surface area contributed by atoms with E-state index in [9.17, 15) is 14.3 Å². The van der Waals surface area contributed by atoms with E-state index in [1.54, 1.807) is 0 Å². The van der Waals surface area contributed by atoms with E-state index in [1.165, 1.54) is 12.1 Å². The van der Waals surface area contributed by atoms with Crippen molar-refractivity contribution < 1.29 is 14.3 Å². The third-order valence-electron chi connectivity index (χ3n) is 4.97. The lowest BCUT2D eigenvalue weighted by Gasteiger charge is -2.46. The highest BCUT2D eigenvalue weighted by atomic mass is 19.1. The van der Waals surface area contributed by atoms with E-state index in [-0.39, 0.29) is 22.8 Å². The molecule has 1 amide bonds. The number of likely N-dealkylation sites (N-methyl/N-ethyl adjacent to an activating group) is 1. The summed E-state index contributed by atoms with van der Waals surface area (Å²) < 4.78 is 13.0. The summed E-state index contributed by atoms with van der Waals surface area (Å²) in [5.74, 6) is -1.26. The summed E-state index contributed by atoms with van der Waals surface area (Å²) in [5.41, 5.74) is 0.0167. The van der Waals surface area contributed by atoms with Crippen LogP contribution < -0.4 is 5.32 Å². The Hall–Kier alpha value is -1.66. The average molecular weight is 323 g/mol. The number of rotatable bonds is 5. The highest BCUT2D eigenvalue weighted by Crippen LogP contribution is 2.27. The first kappa shape index (κ1) is 17.7. The van der Waals surface area contributed by atoms with Crippen LogP contribution in [0, 0.1) is 5.82 Å². The molecule has 1 aromatic rings. The summed E-state index contributed by atoms with van der Waals surface area (Å²) in [6.45, 7) is 5.72. The molecule has 2 rings (SSSR count). The van der Waals surface area contributed by atoms with Gasteiger partial charge in [-0.1, -0.05) is 6.92 Å². The minimum Gasteiger partial charge on any atom is -0.507 e. The monoisotopic (exact) mass is 323 g/mol. The number of carbonyl (C=O) groups is 1. The molecule has 6 heteroatoms. The maximum atomic E-state index is 13.0. The van der Waals surface area contributed by atoms with Crippen LogP contribution in [-0.2, 0) is 0 Å². The first-order valence-electron chi connectivity index (χ1n) is 8.04. The van der Waals surface area contributed by atoms with Gasteiger partial charge in [0.2, 0.25) is 0 Å². The Morgan fingerprint density at radius 3 is 2.57 bits per heavy atom. The standard InChI is InChI=1S/C17H26FN3O2/c1-4-21-9-7-17(8-10-21,20(2)3)12-19-16(23)14-6-5-13(18)11-15(14)22/h5-6,11,22H,4,7-10,12H2,1-3H3,(H,19,23). The maximum Gasteiger partial charge on any atom is 0.255 e. The van der Waals surface area contributed by atoms with Crippen LogP contribution in [0.25, 0.3) is 0 Å². The lowest BCUT2D eigenvalue weighted by molar-refractivity contribution is 0.0547. The molecule has 1 aromatic carbocycles. The summed E-state index contributed by atoms with van der Waals surface area (Å²) in [4.78, 5) is 16.9. The van der Waals surface area contributed by atoms with Crippen molar-refractivity contribution in [1.29, 1.82) is 0 Å². The predicted octanol–water partition coefficient (Wildman–Crippen LogP) is 1.68. The van der Waals surface area contributed by atoms with Gasteiger partial charge in [-0.05, 0) is 58.7 Å². The zero-order valence-corrected chi connectivity index (χ0v) is 14.1. The molecule has 0 atom stereocenters.